The average molecular weight is 319 g/mol. The highest BCUT2D eigenvalue weighted by atomic mass is 16.7. The van der Waals surface area contributed by atoms with E-state index in [1.165, 1.54) is 5.56 Å². The van der Waals surface area contributed by atoms with Crippen molar-refractivity contribution in [1.29, 1.82) is 0 Å². The van der Waals surface area contributed by atoms with Gasteiger partial charge in [0.15, 0.2) is 0 Å². The highest BCUT2D eigenvalue weighted by Gasteiger charge is 2.25. The number of rotatable bonds is 5. The highest BCUT2D eigenvalue weighted by molar-refractivity contribution is 5.57. The molecule has 1 N–H and O–H groups in total. The van der Waals surface area contributed by atoms with Crippen molar-refractivity contribution in [2.45, 2.75) is 12.3 Å². The Bertz CT molecular complexity index is 828. The minimum Gasteiger partial charge on any atom is -0.462 e. The van der Waals surface area contributed by atoms with E-state index in [1.54, 1.807) is 18.7 Å². The minimum absolute atomic E-state index is 0.00881. The summed E-state index contributed by atoms with van der Waals surface area (Å²) in [7, 11) is 0. The van der Waals surface area contributed by atoms with E-state index < -0.39 is 0 Å². The van der Waals surface area contributed by atoms with Gasteiger partial charge in [-0.25, -0.2) is 4.98 Å². The number of H-pyrrole nitrogens is 1. The van der Waals surface area contributed by atoms with Crippen molar-refractivity contribution >= 4 is 0 Å². The van der Waals surface area contributed by atoms with Crippen LogP contribution in [0.15, 0.2) is 73.1 Å². The SMILES string of the molecule is C1=C(C(Cc2ccccc2)c2ncc(-c3ccncc3)[nH]2)OCO1. The Hall–Kier alpha value is -3.08. The maximum atomic E-state index is 5.63. The van der Waals surface area contributed by atoms with Crippen molar-refractivity contribution in [3.8, 4) is 11.3 Å². The molecule has 2 aromatic heterocycles. The monoisotopic (exact) mass is 319 g/mol. The summed E-state index contributed by atoms with van der Waals surface area (Å²) in [5, 5.41) is 0. The smallest absolute Gasteiger partial charge is 0.229 e. The van der Waals surface area contributed by atoms with Gasteiger partial charge in [-0.15, -0.1) is 0 Å². The number of nitrogens with zero attached hydrogens (tertiary/aromatic N) is 2. The summed E-state index contributed by atoms with van der Waals surface area (Å²) in [6.45, 7) is 0.262. The molecule has 1 aliphatic rings. The van der Waals surface area contributed by atoms with E-state index in [2.05, 4.69) is 27.1 Å². The van der Waals surface area contributed by atoms with Gasteiger partial charge in [0, 0.05) is 18.0 Å². The zero-order valence-corrected chi connectivity index (χ0v) is 13.1. The molecule has 1 aliphatic heterocycles. The number of aromatic amines is 1. The van der Waals surface area contributed by atoms with Gasteiger partial charge in [0.05, 0.1) is 17.8 Å². The molecule has 0 fully saturated rings. The van der Waals surface area contributed by atoms with Crippen molar-refractivity contribution in [3.63, 3.8) is 0 Å². The molecule has 1 unspecified atom stereocenters. The normalized spacial score (nSPS) is 14.6. The lowest BCUT2D eigenvalue weighted by molar-refractivity contribution is 0.0748. The number of allylic oxidation sites excluding steroid dienone is 1. The van der Waals surface area contributed by atoms with E-state index in [4.69, 9.17) is 9.47 Å². The van der Waals surface area contributed by atoms with Gasteiger partial charge in [-0.05, 0) is 24.1 Å². The van der Waals surface area contributed by atoms with Gasteiger partial charge < -0.3 is 14.5 Å². The summed E-state index contributed by atoms with van der Waals surface area (Å²) in [5.74, 6) is 1.65. The summed E-state index contributed by atoms with van der Waals surface area (Å²) in [4.78, 5) is 12.0. The molecule has 3 aromatic rings. The predicted molar refractivity (Wildman–Crippen MR) is 89.8 cm³/mol. The van der Waals surface area contributed by atoms with E-state index >= 15 is 0 Å². The van der Waals surface area contributed by atoms with Gasteiger partial charge in [0.1, 0.15) is 17.8 Å². The van der Waals surface area contributed by atoms with E-state index in [0.29, 0.717) is 0 Å². The Balaban J connectivity index is 1.65. The Morgan fingerprint density at radius 1 is 1.08 bits per heavy atom. The maximum Gasteiger partial charge on any atom is 0.229 e. The molecule has 3 heterocycles. The molecule has 24 heavy (non-hydrogen) atoms. The first-order valence-corrected chi connectivity index (χ1v) is 7.84. The molecule has 120 valence electrons. The zero-order chi connectivity index (χ0) is 16.2. The van der Waals surface area contributed by atoms with Crippen LogP contribution in [0.3, 0.4) is 0 Å². The van der Waals surface area contributed by atoms with Crippen molar-refractivity contribution in [2.24, 2.45) is 0 Å². The second-order valence-electron chi connectivity index (χ2n) is 5.61. The van der Waals surface area contributed by atoms with Crippen molar-refractivity contribution in [3.05, 3.63) is 84.5 Å². The fraction of sp³-hybridized carbons (Fsp3) is 0.158. The molecule has 0 amide bonds. The molecule has 0 aliphatic carbocycles. The van der Waals surface area contributed by atoms with Gasteiger partial charge in [-0.2, -0.15) is 0 Å². The van der Waals surface area contributed by atoms with E-state index in [9.17, 15) is 0 Å². The molecule has 1 atom stereocenters. The summed E-state index contributed by atoms with van der Waals surface area (Å²) in [5.41, 5.74) is 3.24. The average Bonchev–Trinajstić information content (AvgIpc) is 3.34. The predicted octanol–water partition coefficient (Wildman–Crippen LogP) is 3.64. The van der Waals surface area contributed by atoms with Crippen LogP contribution < -0.4 is 0 Å². The van der Waals surface area contributed by atoms with Crippen LogP contribution in [0.4, 0.5) is 0 Å². The van der Waals surface area contributed by atoms with Crippen molar-refractivity contribution in [1.82, 2.24) is 15.0 Å². The Morgan fingerprint density at radius 3 is 2.67 bits per heavy atom. The molecule has 5 heteroatoms. The molecular weight excluding hydrogens is 302 g/mol. The van der Waals surface area contributed by atoms with Crippen LogP contribution in [0.2, 0.25) is 0 Å². The molecule has 0 radical (unpaired) electrons. The van der Waals surface area contributed by atoms with E-state index in [0.717, 1.165) is 29.3 Å². The van der Waals surface area contributed by atoms with Crippen molar-refractivity contribution in [2.75, 3.05) is 6.79 Å². The third-order valence-corrected chi connectivity index (χ3v) is 4.04. The standard InChI is InChI=1S/C19H17N3O2/c1-2-4-14(5-3-1)10-16(18-12-23-13-24-18)19-21-11-17(22-19)15-6-8-20-9-7-15/h1-9,11-12,16H,10,13H2,(H,21,22). The summed E-state index contributed by atoms with van der Waals surface area (Å²) >= 11 is 0. The maximum absolute atomic E-state index is 5.63. The molecule has 4 rings (SSSR count). The number of pyridine rings is 1. The zero-order valence-electron chi connectivity index (χ0n) is 13.1. The second-order valence-corrected chi connectivity index (χ2v) is 5.61. The molecule has 0 saturated carbocycles. The summed E-state index contributed by atoms with van der Waals surface area (Å²) in [6.07, 6.45) is 7.86. The lowest BCUT2D eigenvalue weighted by Crippen LogP contribution is -2.09. The van der Waals surface area contributed by atoms with E-state index in [1.807, 2.05) is 36.5 Å². The number of aromatic nitrogens is 3. The Kier molecular flexibility index (Phi) is 3.98. The van der Waals surface area contributed by atoms with Crippen LogP contribution in [0, 0.1) is 0 Å². The Morgan fingerprint density at radius 2 is 1.92 bits per heavy atom. The topological polar surface area (TPSA) is 60.0 Å². The number of imidazole rings is 1. The molecular formula is C19H17N3O2. The van der Waals surface area contributed by atoms with Crippen LogP contribution in [-0.2, 0) is 15.9 Å². The fourth-order valence-electron chi connectivity index (χ4n) is 2.81. The second kappa shape index (κ2) is 6.58. The molecule has 5 nitrogen and oxygen atoms in total. The lowest BCUT2D eigenvalue weighted by atomic mass is 9.97. The quantitative estimate of drug-likeness (QED) is 0.780. The van der Waals surface area contributed by atoms with E-state index in [-0.39, 0.29) is 12.7 Å². The minimum atomic E-state index is -0.00881. The number of hydrogen-bond donors (Lipinski definition) is 1. The first-order chi connectivity index (χ1) is 11.9. The Labute approximate surface area is 140 Å². The summed E-state index contributed by atoms with van der Waals surface area (Å²) < 4.78 is 10.9. The number of ether oxygens (including phenoxy) is 2. The number of benzene rings is 1. The van der Waals surface area contributed by atoms with Gasteiger partial charge in [-0.3, -0.25) is 4.98 Å². The van der Waals surface area contributed by atoms with Crippen LogP contribution >= 0.6 is 0 Å². The third-order valence-electron chi connectivity index (χ3n) is 4.04. The third kappa shape index (κ3) is 3.01. The largest absolute Gasteiger partial charge is 0.462 e. The van der Waals surface area contributed by atoms with Gasteiger partial charge in [0.25, 0.3) is 0 Å². The van der Waals surface area contributed by atoms with Crippen LogP contribution in [0.1, 0.15) is 17.3 Å². The molecule has 0 spiro atoms. The lowest BCUT2D eigenvalue weighted by Gasteiger charge is -2.14. The van der Waals surface area contributed by atoms with Gasteiger partial charge in [0.2, 0.25) is 6.79 Å². The molecule has 1 aromatic carbocycles. The highest BCUT2D eigenvalue weighted by Crippen LogP contribution is 2.31. The first kappa shape index (κ1) is 14.5. The first-order valence-electron chi connectivity index (χ1n) is 7.84. The van der Waals surface area contributed by atoms with Gasteiger partial charge >= 0.3 is 0 Å². The summed E-state index contributed by atoms with van der Waals surface area (Å²) in [6, 6.07) is 14.2. The molecule has 0 saturated heterocycles. The van der Waals surface area contributed by atoms with Crippen LogP contribution in [-0.4, -0.2) is 21.7 Å². The van der Waals surface area contributed by atoms with Crippen molar-refractivity contribution < 1.29 is 9.47 Å². The van der Waals surface area contributed by atoms with Gasteiger partial charge in [-0.1, -0.05) is 30.3 Å². The van der Waals surface area contributed by atoms with Crippen LogP contribution in [0.25, 0.3) is 11.3 Å². The fourth-order valence-corrected chi connectivity index (χ4v) is 2.81. The van der Waals surface area contributed by atoms with Crippen LogP contribution in [0.5, 0.6) is 0 Å². The number of hydrogen-bond acceptors (Lipinski definition) is 4. The number of nitrogens with one attached hydrogen (secondary N) is 1. The molecule has 0 bridgehead atoms.